The molecule has 0 radical (unpaired) electrons. The standard InChI is InChI=1S/C24H28N2O4/c1-16(17-10-5-4-6-11-17)25-15-9-13-19-18-12-7-8-14-20(18)26-22(19)21(23(27)29-2)24(28)30-3/h4-8,10-12,14,16,21,25-26H,9,13,15H2,1-3H3/t16-/m0/s1. The van der Waals surface area contributed by atoms with Crippen LogP contribution in [0.3, 0.4) is 0 Å². The number of aryl methyl sites for hydroxylation is 1. The normalized spacial score (nSPS) is 12.1. The molecule has 0 amide bonds. The van der Waals surface area contributed by atoms with Crippen molar-refractivity contribution in [3.05, 3.63) is 71.4 Å². The minimum absolute atomic E-state index is 0.242. The summed E-state index contributed by atoms with van der Waals surface area (Å²) >= 11 is 0. The Hall–Kier alpha value is -3.12. The van der Waals surface area contributed by atoms with E-state index in [2.05, 4.69) is 29.4 Å². The number of esters is 2. The monoisotopic (exact) mass is 408 g/mol. The number of fused-ring (bicyclic) bond motifs is 1. The van der Waals surface area contributed by atoms with Gasteiger partial charge in [-0.1, -0.05) is 48.5 Å². The van der Waals surface area contributed by atoms with Gasteiger partial charge in [0.1, 0.15) is 0 Å². The van der Waals surface area contributed by atoms with Gasteiger partial charge in [0.05, 0.1) is 14.2 Å². The number of H-pyrrole nitrogens is 1. The van der Waals surface area contributed by atoms with Crippen LogP contribution in [0, 0.1) is 0 Å². The molecule has 6 nitrogen and oxygen atoms in total. The van der Waals surface area contributed by atoms with E-state index >= 15 is 0 Å². The maximum absolute atomic E-state index is 12.4. The molecule has 6 heteroatoms. The zero-order valence-corrected chi connectivity index (χ0v) is 17.6. The number of carbonyl (C=O) groups is 2. The number of aromatic nitrogens is 1. The zero-order valence-electron chi connectivity index (χ0n) is 17.6. The summed E-state index contributed by atoms with van der Waals surface area (Å²) in [5, 5.41) is 4.53. The molecule has 3 rings (SSSR count). The minimum atomic E-state index is -1.13. The van der Waals surface area contributed by atoms with Crippen molar-refractivity contribution >= 4 is 22.8 Å². The van der Waals surface area contributed by atoms with E-state index in [-0.39, 0.29) is 6.04 Å². The van der Waals surface area contributed by atoms with E-state index in [0.29, 0.717) is 12.1 Å². The first kappa shape index (κ1) is 21.6. The second-order valence-electron chi connectivity index (χ2n) is 7.23. The van der Waals surface area contributed by atoms with E-state index in [1.165, 1.54) is 19.8 Å². The molecule has 0 saturated carbocycles. The van der Waals surface area contributed by atoms with Crippen LogP contribution in [0.15, 0.2) is 54.6 Å². The van der Waals surface area contributed by atoms with Gasteiger partial charge < -0.3 is 19.8 Å². The Balaban J connectivity index is 1.79. The van der Waals surface area contributed by atoms with Crippen LogP contribution in [0.5, 0.6) is 0 Å². The third-order valence-electron chi connectivity index (χ3n) is 5.36. The molecule has 1 heterocycles. The molecule has 1 atom stereocenters. The SMILES string of the molecule is COC(=O)C(C(=O)OC)c1[nH]c2ccccc2c1CCCN[C@@H](C)c1ccccc1. The molecule has 0 saturated heterocycles. The smallest absolute Gasteiger partial charge is 0.326 e. The number of hydrogen-bond acceptors (Lipinski definition) is 5. The van der Waals surface area contributed by atoms with Crippen LogP contribution in [0.4, 0.5) is 0 Å². The van der Waals surface area contributed by atoms with Crippen LogP contribution in [0.2, 0.25) is 0 Å². The van der Waals surface area contributed by atoms with E-state index < -0.39 is 17.9 Å². The average molecular weight is 408 g/mol. The van der Waals surface area contributed by atoms with Crippen molar-refractivity contribution < 1.29 is 19.1 Å². The fourth-order valence-electron chi connectivity index (χ4n) is 3.75. The lowest BCUT2D eigenvalue weighted by atomic mass is 9.97. The van der Waals surface area contributed by atoms with Crippen LogP contribution < -0.4 is 5.32 Å². The molecule has 30 heavy (non-hydrogen) atoms. The van der Waals surface area contributed by atoms with E-state index in [9.17, 15) is 9.59 Å². The van der Waals surface area contributed by atoms with Crippen molar-refractivity contribution in [1.82, 2.24) is 10.3 Å². The van der Waals surface area contributed by atoms with Gasteiger partial charge in [0, 0.05) is 22.6 Å². The lowest BCUT2D eigenvalue weighted by Crippen LogP contribution is -2.26. The molecule has 158 valence electrons. The maximum atomic E-state index is 12.4. The lowest BCUT2D eigenvalue weighted by Gasteiger charge is -2.15. The predicted octanol–water partition coefficient (Wildman–Crippen LogP) is 3.88. The van der Waals surface area contributed by atoms with Crippen LogP contribution in [-0.4, -0.2) is 37.7 Å². The molecule has 2 N–H and O–H groups in total. The van der Waals surface area contributed by atoms with Crippen molar-refractivity contribution in [1.29, 1.82) is 0 Å². The van der Waals surface area contributed by atoms with Gasteiger partial charge in [0.2, 0.25) is 0 Å². The third kappa shape index (κ3) is 4.71. The summed E-state index contributed by atoms with van der Waals surface area (Å²) in [6.45, 7) is 2.94. The Bertz CT molecular complexity index is 981. The summed E-state index contributed by atoms with van der Waals surface area (Å²) < 4.78 is 9.75. The van der Waals surface area contributed by atoms with E-state index in [1.807, 2.05) is 42.5 Å². The molecule has 0 aliphatic carbocycles. The summed E-state index contributed by atoms with van der Waals surface area (Å²) in [5.41, 5.74) is 3.61. The number of methoxy groups -OCH3 is 2. The van der Waals surface area contributed by atoms with Crippen LogP contribution in [-0.2, 0) is 25.5 Å². The number of para-hydroxylation sites is 1. The van der Waals surface area contributed by atoms with Crippen LogP contribution in [0.25, 0.3) is 10.9 Å². The number of hydrogen-bond donors (Lipinski definition) is 2. The highest BCUT2D eigenvalue weighted by Gasteiger charge is 2.34. The summed E-state index contributed by atoms with van der Waals surface area (Å²) in [5.74, 6) is -2.39. The molecular formula is C24H28N2O4. The molecule has 1 aromatic heterocycles. The number of carbonyl (C=O) groups excluding carboxylic acids is 2. The molecule has 0 unspecified atom stereocenters. The van der Waals surface area contributed by atoms with Crippen molar-refractivity contribution in [3.63, 3.8) is 0 Å². The van der Waals surface area contributed by atoms with Gasteiger partial charge in [0.15, 0.2) is 5.92 Å². The van der Waals surface area contributed by atoms with Gasteiger partial charge in [-0.15, -0.1) is 0 Å². The highest BCUT2D eigenvalue weighted by Crippen LogP contribution is 2.30. The fraction of sp³-hybridized carbons (Fsp3) is 0.333. The van der Waals surface area contributed by atoms with E-state index in [0.717, 1.165) is 29.4 Å². The van der Waals surface area contributed by atoms with E-state index in [4.69, 9.17) is 9.47 Å². The molecule has 0 fully saturated rings. The highest BCUT2D eigenvalue weighted by atomic mass is 16.5. The van der Waals surface area contributed by atoms with Gasteiger partial charge in [-0.05, 0) is 43.5 Å². The van der Waals surface area contributed by atoms with Gasteiger partial charge in [0.25, 0.3) is 0 Å². The second kappa shape index (κ2) is 10.1. The van der Waals surface area contributed by atoms with Crippen molar-refractivity contribution in [3.8, 4) is 0 Å². The number of ether oxygens (including phenoxy) is 2. The molecule has 0 bridgehead atoms. The minimum Gasteiger partial charge on any atom is -0.468 e. The topological polar surface area (TPSA) is 80.4 Å². The first-order chi connectivity index (χ1) is 14.6. The predicted molar refractivity (Wildman–Crippen MR) is 116 cm³/mol. The first-order valence-electron chi connectivity index (χ1n) is 10.1. The molecule has 3 aromatic rings. The Morgan fingerprint density at radius 3 is 2.27 bits per heavy atom. The van der Waals surface area contributed by atoms with Gasteiger partial charge in [-0.25, -0.2) is 0 Å². The Kier molecular flexibility index (Phi) is 7.25. The van der Waals surface area contributed by atoms with E-state index in [1.54, 1.807) is 0 Å². The number of benzene rings is 2. The average Bonchev–Trinajstić information content (AvgIpc) is 3.14. The molecule has 0 aliphatic heterocycles. The molecule has 0 aliphatic rings. The molecule has 0 spiro atoms. The lowest BCUT2D eigenvalue weighted by molar-refractivity contribution is -0.154. The van der Waals surface area contributed by atoms with Crippen LogP contribution >= 0.6 is 0 Å². The maximum Gasteiger partial charge on any atom is 0.326 e. The van der Waals surface area contributed by atoms with Gasteiger partial charge >= 0.3 is 11.9 Å². The molecular weight excluding hydrogens is 380 g/mol. The Morgan fingerprint density at radius 2 is 1.60 bits per heavy atom. The largest absolute Gasteiger partial charge is 0.468 e. The first-order valence-corrected chi connectivity index (χ1v) is 10.1. The van der Waals surface area contributed by atoms with Gasteiger partial charge in [-0.3, -0.25) is 9.59 Å². The number of aromatic amines is 1. The number of nitrogens with one attached hydrogen (secondary N) is 2. The zero-order chi connectivity index (χ0) is 21.5. The highest BCUT2D eigenvalue weighted by molar-refractivity contribution is 6.02. The van der Waals surface area contributed by atoms with Crippen LogP contribution in [0.1, 0.15) is 42.1 Å². The summed E-state index contributed by atoms with van der Waals surface area (Å²) in [6, 6.07) is 18.3. The Morgan fingerprint density at radius 1 is 0.967 bits per heavy atom. The van der Waals surface area contributed by atoms with Crippen molar-refractivity contribution in [2.75, 3.05) is 20.8 Å². The summed E-state index contributed by atoms with van der Waals surface area (Å²) in [6.07, 6.45) is 1.55. The summed E-state index contributed by atoms with van der Waals surface area (Å²) in [4.78, 5) is 28.0. The Labute approximate surface area is 176 Å². The van der Waals surface area contributed by atoms with Crippen molar-refractivity contribution in [2.24, 2.45) is 0 Å². The quantitative estimate of drug-likeness (QED) is 0.319. The second-order valence-corrected chi connectivity index (χ2v) is 7.23. The van der Waals surface area contributed by atoms with Crippen molar-refractivity contribution in [2.45, 2.75) is 31.7 Å². The number of rotatable bonds is 9. The van der Waals surface area contributed by atoms with Gasteiger partial charge in [-0.2, -0.15) is 0 Å². The summed E-state index contributed by atoms with van der Waals surface area (Å²) in [7, 11) is 2.55. The fourth-order valence-corrected chi connectivity index (χ4v) is 3.75. The molecule has 2 aromatic carbocycles. The third-order valence-corrected chi connectivity index (χ3v) is 5.36.